The van der Waals surface area contributed by atoms with Crippen molar-refractivity contribution in [1.29, 1.82) is 0 Å². The van der Waals surface area contributed by atoms with Crippen molar-refractivity contribution < 1.29 is 9.47 Å². The van der Waals surface area contributed by atoms with E-state index in [0.29, 0.717) is 38.1 Å². The Kier molecular flexibility index (Phi) is 6.85. The SMILES string of the molecule is CN(/N=C/c1cn(C)c2ccccc12)c1cc(N2CCOCC2)nc(OCCc2ccccn2)n1. The van der Waals surface area contributed by atoms with Gasteiger partial charge in [-0.15, -0.1) is 0 Å². The molecule has 180 valence electrons. The molecule has 1 aliphatic heterocycles. The molecule has 1 aromatic carbocycles. The number of morpholine rings is 1. The Morgan fingerprint density at radius 1 is 1.11 bits per heavy atom. The monoisotopic (exact) mass is 471 g/mol. The first-order valence-electron chi connectivity index (χ1n) is 11.7. The summed E-state index contributed by atoms with van der Waals surface area (Å²) in [4.78, 5) is 15.8. The van der Waals surface area contributed by atoms with E-state index < -0.39 is 0 Å². The molecule has 0 N–H and O–H groups in total. The van der Waals surface area contributed by atoms with E-state index in [-0.39, 0.29) is 0 Å². The second-order valence-corrected chi connectivity index (χ2v) is 8.37. The molecule has 1 saturated heterocycles. The summed E-state index contributed by atoms with van der Waals surface area (Å²) in [7, 11) is 3.92. The van der Waals surface area contributed by atoms with Crippen molar-refractivity contribution in [3.63, 3.8) is 0 Å². The highest BCUT2D eigenvalue weighted by atomic mass is 16.5. The van der Waals surface area contributed by atoms with Gasteiger partial charge in [-0.2, -0.15) is 15.1 Å². The molecule has 0 unspecified atom stereocenters. The Labute approximate surface area is 204 Å². The summed E-state index contributed by atoms with van der Waals surface area (Å²) in [5, 5.41) is 7.58. The largest absolute Gasteiger partial charge is 0.463 e. The molecule has 4 heterocycles. The fourth-order valence-electron chi connectivity index (χ4n) is 4.06. The first-order chi connectivity index (χ1) is 17.2. The Morgan fingerprint density at radius 2 is 1.94 bits per heavy atom. The molecule has 0 amide bonds. The quantitative estimate of drug-likeness (QED) is 0.288. The van der Waals surface area contributed by atoms with Gasteiger partial charge in [-0.1, -0.05) is 24.3 Å². The van der Waals surface area contributed by atoms with Gasteiger partial charge in [-0.25, -0.2) is 0 Å². The normalized spacial score (nSPS) is 14.1. The van der Waals surface area contributed by atoms with Crippen LogP contribution < -0.4 is 14.6 Å². The van der Waals surface area contributed by atoms with Crippen molar-refractivity contribution in [2.75, 3.05) is 49.9 Å². The standard InChI is InChI=1S/C26H29N7O2/c1-31-19-20(22-8-3-4-9-23(22)31)18-28-32(2)24-17-25(33-12-15-34-16-13-33)30-26(29-24)35-14-10-21-7-5-6-11-27-21/h3-9,11,17-19H,10,12-16H2,1-2H3/b28-18+. The Morgan fingerprint density at radius 3 is 2.77 bits per heavy atom. The molecule has 0 spiro atoms. The van der Waals surface area contributed by atoms with Gasteiger partial charge in [0.2, 0.25) is 0 Å². The van der Waals surface area contributed by atoms with Crippen LogP contribution in [0.15, 0.2) is 66.0 Å². The topological polar surface area (TPSA) is 80.9 Å². The van der Waals surface area contributed by atoms with E-state index in [1.807, 2.05) is 56.7 Å². The van der Waals surface area contributed by atoms with Crippen LogP contribution >= 0.6 is 0 Å². The lowest BCUT2D eigenvalue weighted by Crippen LogP contribution is -2.37. The van der Waals surface area contributed by atoms with Crippen LogP contribution in [0.1, 0.15) is 11.3 Å². The highest BCUT2D eigenvalue weighted by molar-refractivity contribution is 5.99. The number of hydrogen-bond acceptors (Lipinski definition) is 8. The number of rotatable bonds is 8. The third kappa shape index (κ3) is 5.41. The average Bonchev–Trinajstić information content (AvgIpc) is 3.23. The molecule has 0 aliphatic carbocycles. The van der Waals surface area contributed by atoms with E-state index in [9.17, 15) is 0 Å². The van der Waals surface area contributed by atoms with Gasteiger partial charge in [-0.05, 0) is 18.2 Å². The number of aromatic nitrogens is 4. The minimum atomic E-state index is 0.326. The lowest BCUT2D eigenvalue weighted by molar-refractivity contribution is 0.122. The highest BCUT2D eigenvalue weighted by Crippen LogP contribution is 2.24. The van der Waals surface area contributed by atoms with Crippen LogP contribution in [0.3, 0.4) is 0 Å². The van der Waals surface area contributed by atoms with E-state index in [1.54, 1.807) is 11.2 Å². The van der Waals surface area contributed by atoms with Crippen LogP contribution in [0.4, 0.5) is 11.6 Å². The van der Waals surface area contributed by atoms with Gasteiger partial charge >= 0.3 is 6.01 Å². The fraction of sp³-hybridized carbons (Fsp3) is 0.308. The van der Waals surface area contributed by atoms with Crippen LogP contribution in [-0.4, -0.2) is 65.7 Å². The fourth-order valence-corrected chi connectivity index (χ4v) is 4.06. The summed E-state index contributed by atoms with van der Waals surface area (Å²) >= 11 is 0. The van der Waals surface area contributed by atoms with Crippen LogP contribution in [-0.2, 0) is 18.2 Å². The smallest absolute Gasteiger partial charge is 0.320 e. The maximum absolute atomic E-state index is 5.95. The number of para-hydroxylation sites is 1. The lowest BCUT2D eigenvalue weighted by Gasteiger charge is -2.28. The molecule has 3 aromatic heterocycles. The number of fused-ring (bicyclic) bond motifs is 1. The molecule has 9 nitrogen and oxygen atoms in total. The number of anilines is 2. The van der Waals surface area contributed by atoms with Gasteiger partial charge in [0, 0.05) is 74.2 Å². The molecule has 4 aromatic rings. The summed E-state index contributed by atoms with van der Waals surface area (Å²) in [6.07, 6.45) is 6.40. The first-order valence-corrected chi connectivity index (χ1v) is 11.7. The molecular formula is C26H29N7O2. The first kappa shape index (κ1) is 22.8. The maximum Gasteiger partial charge on any atom is 0.320 e. The minimum absolute atomic E-state index is 0.326. The molecule has 35 heavy (non-hydrogen) atoms. The number of nitrogens with zero attached hydrogens (tertiary/aromatic N) is 7. The predicted octanol–water partition coefficient (Wildman–Crippen LogP) is 3.29. The number of pyridine rings is 1. The zero-order valence-corrected chi connectivity index (χ0v) is 20.0. The zero-order valence-electron chi connectivity index (χ0n) is 20.0. The summed E-state index contributed by atoms with van der Waals surface area (Å²) in [5.41, 5.74) is 3.18. The lowest BCUT2D eigenvalue weighted by atomic mass is 10.2. The second kappa shape index (κ2) is 10.5. The molecule has 1 fully saturated rings. The van der Waals surface area contributed by atoms with E-state index in [2.05, 4.69) is 47.8 Å². The van der Waals surface area contributed by atoms with Crippen molar-refractivity contribution in [3.8, 4) is 6.01 Å². The van der Waals surface area contributed by atoms with Crippen LogP contribution in [0.2, 0.25) is 0 Å². The molecule has 0 saturated carbocycles. The van der Waals surface area contributed by atoms with Gasteiger partial charge in [0.05, 0.1) is 26.0 Å². The molecule has 5 rings (SSSR count). The van der Waals surface area contributed by atoms with Gasteiger partial charge < -0.3 is 18.9 Å². The van der Waals surface area contributed by atoms with Crippen LogP contribution in [0.25, 0.3) is 10.9 Å². The summed E-state index contributed by atoms with van der Waals surface area (Å²) in [5.74, 6) is 1.46. The number of hydrogen-bond donors (Lipinski definition) is 0. The van der Waals surface area contributed by atoms with Gasteiger partial charge in [0.25, 0.3) is 0 Å². The summed E-state index contributed by atoms with van der Waals surface area (Å²) in [6.45, 7) is 3.32. The van der Waals surface area contributed by atoms with Gasteiger partial charge in [0.1, 0.15) is 5.82 Å². The maximum atomic E-state index is 5.95. The number of ether oxygens (including phenoxy) is 2. The third-order valence-electron chi connectivity index (χ3n) is 5.96. The van der Waals surface area contributed by atoms with Gasteiger partial charge in [-0.3, -0.25) is 9.99 Å². The molecular weight excluding hydrogens is 442 g/mol. The Bertz CT molecular complexity index is 1300. The van der Waals surface area contributed by atoms with Crippen molar-refractivity contribution in [1.82, 2.24) is 19.5 Å². The van der Waals surface area contributed by atoms with Gasteiger partial charge in [0.15, 0.2) is 5.82 Å². The van der Waals surface area contributed by atoms with Crippen molar-refractivity contribution in [3.05, 3.63) is 72.2 Å². The van der Waals surface area contributed by atoms with Crippen LogP contribution in [0, 0.1) is 0 Å². The molecule has 0 bridgehead atoms. The van der Waals surface area contributed by atoms with Crippen molar-refractivity contribution in [2.24, 2.45) is 12.1 Å². The summed E-state index contributed by atoms with van der Waals surface area (Å²) in [6, 6.07) is 16.4. The highest BCUT2D eigenvalue weighted by Gasteiger charge is 2.17. The summed E-state index contributed by atoms with van der Waals surface area (Å²) < 4.78 is 13.6. The average molecular weight is 472 g/mol. The number of hydrazone groups is 1. The molecule has 0 atom stereocenters. The van der Waals surface area contributed by atoms with Crippen LogP contribution in [0.5, 0.6) is 6.01 Å². The minimum Gasteiger partial charge on any atom is -0.463 e. The number of benzene rings is 1. The molecule has 1 aliphatic rings. The Hall–Kier alpha value is -3.98. The third-order valence-corrected chi connectivity index (χ3v) is 5.96. The van der Waals surface area contributed by atoms with Crippen molar-refractivity contribution >= 4 is 28.8 Å². The zero-order chi connectivity index (χ0) is 24.0. The second-order valence-electron chi connectivity index (χ2n) is 8.37. The molecule has 0 radical (unpaired) electrons. The van der Waals surface area contributed by atoms with Crippen molar-refractivity contribution in [2.45, 2.75) is 6.42 Å². The van der Waals surface area contributed by atoms with E-state index in [1.165, 1.54) is 0 Å². The van der Waals surface area contributed by atoms with E-state index >= 15 is 0 Å². The predicted molar refractivity (Wildman–Crippen MR) is 137 cm³/mol. The van der Waals surface area contributed by atoms with E-state index in [0.717, 1.165) is 41.1 Å². The number of aryl methyl sites for hydroxylation is 1. The van der Waals surface area contributed by atoms with E-state index in [4.69, 9.17) is 9.47 Å². The molecule has 9 heteroatoms. The Balaban J connectivity index is 1.37.